The lowest BCUT2D eigenvalue weighted by molar-refractivity contribution is -0.114. The molecule has 1 amide bonds. The number of nitrogens with one attached hydrogen (secondary N) is 2. The SMILES string of the molecule is CC(=O)Nc1nnc(C(C)(C)C)s1.C\C=C(C)/C=C(C=N)\C(N)=C(/C)c1cc2ccccc2s1. The molecule has 6 nitrogen and oxygen atoms in total. The molecule has 0 saturated carbocycles. The summed E-state index contributed by atoms with van der Waals surface area (Å²) in [5.41, 5.74) is 9.80. The molecule has 1 aromatic carbocycles. The Morgan fingerprint density at radius 2 is 1.79 bits per heavy atom. The number of hydrogen-bond donors (Lipinski definition) is 3. The number of anilines is 1. The van der Waals surface area contributed by atoms with Gasteiger partial charge in [0.2, 0.25) is 11.0 Å². The summed E-state index contributed by atoms with van der Waals surface area (Å²) in [5.74, 6) is -0.114. The van der Waals surface area contributed by atoms with Crippen LogP contribution >= 0.6 is 22.7 Å². The minimum absolute atomic E-state index is 0.00557. The number of carbonyl (C=O) groups is 1. The lowest BCUT2D eigenvalue weighted by atomic mass is 9.98. The highest BCUT2D eigenvalue weighted by atomic mass is 32.1. The van der Waals surface area contributed by atoms with E-state index >= 15 is 0 Å². The van der Waals surface area contributed by atoms with Crippen LogP contribution in [0.1, 0.15) is 58.4 Å². The molecule has 0 atom stereocenters. The highest BCUT2D eigenvalue weighted by Gasteiger charge is 2.19. The number of carbonyl (C=O) groups excluding carboxylic acids is 1. The number of aromatic nitrogens is 2. The van der Waals surface area contributed by atoms with E-state index in [1.54, 1.807) is 11.3 Å². The predicted octanol–water partition coefficient (Wildman–Crippen LogP) is 6.93. The van der Waals surface area contributed by atoms with Crippen molar-refractivity contribution in [2.45, 2.75) is 53.9 Å². The molecule has 0 aliphatic heterocycles. The smallest absolute Gasteiger partial charge is 0.223 e. The van der Waals surface area contributed by atoms with Crippen molar-refractivity contribution in [1.82, 2.24) is 10.2 Å². The van der Waals surface area contributed by atoms with E-state index in [1.165, 1.54) is 34.6 Å². The van der Waals surface area contributed by atoms with Gasteiger partial charge in [-0.1, -0.05) is 62.0 Å². The lowest BCUT2D eigenvalue weighted by Crippen LogP contribution is -2.10. The first-order chi connectivity index (χ1) is 16.0. The monoisotopic (exact) mass is 495 g/mol. The Labute approximate surface area is 209 Å². The number of benzene rings is 1. The summed E-state index contributed by atoms with van der Waals surface area (Å²) in [6.45, 7) is 13.6. The van der Waals surface area contributed by atoms with Gasteiger partial charge >= 0.3 is 0 Å². The summed E-state index contributed by atoms with van der Waals surface area (Å²) in [7, 11) is 0. The average Bonchev–Trinajstić information content (AvgIpc) is 3.43. The van der Waals surface area contributed by atoms with Crippen molar-refractivity contribution in [1.29, 1.82) is 5.41 Å². The zero-order chi connectivity index (χ0) is 25.5. The fourth-order valence-electron chi connectivity index (χ4n) is 2.77. The van der Waals surface area contributed by atoms with Gasteiger partial charge < -0.3 is 16.5 Å². The number of fused-ring (bicyclic) bond motifs is 1. The highest BCUT2D eigenvalue weighted by Crippen LogP contribution is 2.32. The number of allylic oxidation sites excluding steroid dienone is 5. The van der Waals surface area contributed by atoms with Crippen LogP contribution in [0.3, 0.4) is 0 Å². The number of nitrogens with zero attached hydrogens (tertiary/aromatic N) is 2. The van der Waals surface area contributed by atoms with Crippen molar-refractivity contribution < 1.29 is 4.79 Å². The van der Waals surface area contributed by atoms with E-state index in [1.807, 2.05) is 45.1 Å². The molecular weight excluding hydrogens is 462 g/mol. The second kappa shape index (κ2) is 11.9. The van der Waals surface area contributed by atoms with Crippen LogP contribution in [0, 0.1) is 5.41 Å². The molecule has 0 fully saturated rings. The molecule has 4 N–H and O–H groups in total. The molecule has 0 aliphatic carbocycles. The van der Waals surface area contributed by atoms with Gasteiger partial charge in [-0.3, -0.25) is 4.79 Å². The number of amides is 1. The van der Waals surface area contributed by atoms with Crippen molar-refractivity contribution in [2.75, 3.05) is 5.32 Å². The Bertz CT molecular complexity index is 1220. The first-order valence-electron chi connectivity index (χ1n) is 10.9. The van der Waals surface area contributed by atoms with Crippen molar-refractivity contribution in [3.8, 4) is 0 Å². The van der Waals surface area contributed by atoms with Crippen LogP contribution in [0.4, 0.5) is 5.13 Å². The normalized spacial score (nSPS) is 13.1. The summed E-state index contributed by atoms with van der Waals surface area (Å²) < 4.78 is 1.25. The van der Waals surface area contributed by atoms with Crippen LogP contribution < -0.4 is 11.1 Å². The minimum atomic E-state index is -0.114. The third-order valence-corrected chi connectivity index (χ3v) is 7.35. The van der Waals surface area contributed by atoms with E-state index in [0.29, 0.717) is 10.8 Å². The van der Waals surface area contributed by atoms with Crippen LogP contribution in [0.5, 0.6) is 0 Å². The maximum atomic E-state index is 10.7. The Morgan fingerprint density at radius 1 is 1.12 bits per heavy atom. The maximum absolute atomic E-state index is 10.7. The lowest BCUT2D eigenvalue weighted by Gasteiger charge is -2.12. The molecule has 0 unspecified atom stereocenters. The van der Waals surface area contributed by atoms with Crippen LogP contribution in [0.25, 0.3) is 15.7 Å². The Hall–Kier alpha value is -3.10. The summed E-state index contributed by atoms with van der Waals surface area (Å²) in [6.07, 6.45) is 5.27. The van der Waals surface area contributed by atoms with Crippen molar-refractivity contribution in [2.24, 2.45) is 5.73 Å². The van der Waals surface area contributed by atoms with E-state index in [9.17, 15) is 4.79 Å². The molecule has 3 rings (SSSR count). The van der Waals surface area contributed by atoms with Gasteiger partial charge in [0, 0.05) is 39.4 Å². The molecule has 8 heteroatoms. The van der Waals surface area contributed by atoms with Gasteiger partial charge in [-0.2, -0.15) is 0 Å². The summed E-state index contributed by atoms with van der Waals surface area (Å²) in [5, 5.41) is 20.8. The largest absolute Gasteiger partial charge is 0.398 e. The maximum Gasteiger partial charge on any atom is 0.223 e. The zero-order valence-corrected chi connectivity index (χ0v) is 22.4. The highest BCUT2D eigenvalue weighted by molar-refractivity contribution is 7.20. The molecule has 2 aromatic heterocycles. The quantitative estimate of drug-likeness (QED) is 0.264. The van der Waals surface area contributed by atoms with Crippen LogP contribution in [-0.2, 0) is 10.2 Å². The van der Waals surface area contributed by atoms with Gasteiger partial charge in [0.15, 0.2) is 0 Å². The van der Waals surface area contributed by atoms with E-state index in [4.69, 9.17) is 11.1 Å². The van der Waals surface area contributed by atoms with Gasteiger partial charge in [-0.25, -0.2) is 0 Å². The van der Waals surface area contributed by atoms with E-state index in [-0.39, 0.29) is 11.3 Å². The fraction of sp³-hybridized carbons (Fsp3) is 0.308. The van der Waals surface area contributed by atoms with E-state index in [2.05, 4.69) is 54.5 Å². The van der Waals surface area contributed by atoms with Gasteiger partial charge in [0.25, 0.3) is 0 Å². The van der Waals surface area contributed by atoms with Crippen molar-refractivity contribution in [3.05, 3.63) is 69.2 Å². The number of rotatable bonds is 5. The topological polar surface area (TPSA) is 105 Å². The Balaban J connectivity index is 0.000000270. The van der Waals surface area contributed by atoms with E-state index in [0.717, 1.165) is 26.6 Å². The third kappa shape index (κ3) is 7.46. The Morgan fingerprint density at radius 3 is 2.32 bits per heavy atom. The van der Waals surface area contributed by atoms with Gasteiger partial charge in [0.1, 0.15) is 5.01 Å². The summed E-state index contributed by atoms with van der Waals surface area (Å²) in [6, 6.07) is 10.5. The minimum Gasteiger partial charge on any atom is -0.398 e. The average molecular weight is 496 g/mol. The summed E-state index contributed by atoms with van der Waals surface area (Å²) >= 11 is 3.15. The molecule has 0 bridgehead atoms. The first-order valence-corrected chi connectivity index (χ1v) is 12.5. The molecule has 0 aliphatic rings. The second-order valence-electron chi connectivity index (χ2n) is 8.81. The van der Waals surface area contributed by atoms with E-state index < -0.39 is 0 Å². The summed E-state index contributed by atoms with van der Waals surface area (Å²) in [4.78, 5) is 11.9. The third-order valence-electron chi connectivity index (χ3n) is 4.85. The van der Waals surface area contributed by atoms with Crippen molar-refractivity contribution in [3.63, 3.8) is 0 Å². The van der Waals surface area contributed by atoms with Gasteiger partial charge in [-0.05, 0) is 49.9 Å². The first kappa shape index (κ1) is 27.1. The zero-order valence-electron chi connectivity index (χ0n) is 20.8. The molecule has 2 heterocycles. The molecule has 34 heavy (non-hydrogen) atoms. The van der Waals surface area contributed by atoms with Gasteiger partial charge in [-0.15, -0.1) is 21.5 Å². The molecular formula is C26H33N5OS2. The number of thiophene rings is 1. The van der Waals surface area contributed by atoms with Crippen LogP contribution in [0.2, 0.25) is 0 Å². The predicted molar refractivity (Wildman–Crippen MR) is 148 cm³/mol. The number of nitrogens with two attached hydrogens (primary N) is 1. The molecule has 0 radical (unpaired) electrons. The fourth-order valence-corrected chi connectivity index (χ4v) is 4.69. The van der Waals surface area contributed by atoms with Crippen molar-refractivity contribution >= 4 is 55.6 Å². The molecule has 0 spiro atoms. The Kier molecular flexibility index (Phi) is 9.46. The molecule has 180 valence electrons. The molecule has 0 saturated heterocycles. The van der Waals surface area contributed by atoms with Crippen LogP contribution in [0.15, 0.2) is 59.3 Å². The van der Waals surface area contributed by atoms with Crippen LogP contribution in [-0.4, -0.2) is 22.3 Å². The standard InChI is InChI=1S/C18H20N2S.C8H13N3OS/c1-4-12(2)9-15(11-19)18(20)13(3)17-10-14-7-5-6-8-16(14)21-17;1-5(12)9-7-11-10-6(13-7)8(2,3)4/h4-11,19H,20H2,1-3H3;1-4H3,(H,9,11,12)/b12-4-,15-9-,18-13-,19-11?;. The number of hydrogen-bond acceptors (Lipinski definition) is 7. The second-order valence-corrected chi connectivity index (χ2v) is 10.9. The van der Waals surface area contributed by atoms with Gasteiger partial charge in [0.05, 0.1) is 0 Å². The molecule has 3 aromatic rings.